The summed E-state index contributed by atoms with van der Waals surface area (Å²) < 4.78 is 6.60. The van der Waals surface area contributed by atoms with E-state index in [1.807, 2.05) is 6.92 Å². The molecule has 0 fully saturated rings. The van der Waals surface area contributed by atoms with E-state index in [0.717, 1.165) is 0 Å². The van der Waals surface area contributed by atoms with Crippen LogP contribution >= 0.6 is 0 Å². The number of allylic oxidation sites excluding steroid dienone is 1. The quantitative estimate of drug-likeness (QED) is 0.652. The number of ketones is 1. The number of ether oxygens (including phenoxy) is 1. The molecule has 2 rings (SSSR count). The predicted molar refractivity (Wildman–Crippen MR) is 86.1 cm³/mol. The topological polar surface area (TPSA) is 88.8 Å². The van der Waals surface area contributed by atoms with Crippen LogP contribution in [0.5, 0.6) is 17.2 Å². The molecule has 6 heteroatoms. The zero-order valence-corrected chi connectivity index (χ0v) is 12.8. The molecular formula is C17H17NO5. The highest BCUT2D eigenvalue weighted by Gasteiger charge is 2.10. The van der Waals surface area contributed by atoms with Crippen LogP contribution in [0.25, 0.3) is 6.08 Å². The van der Waals surface area contributed by atoms with Crippen molar-refractivity contribution in [1.82, 2.24) is 4.57 Å². The predicted octanol–water partition coefficient (Wildman–Crippen LogP) is 2.18. The number of carbonyl (C=O) groups excluding carboxylic acids is 1. The van der Waals surface area contributed by atoms with Crippen molar-refractivity contribution in [2.75, 3.05) is 7.11 Å². The fraction of sp³-hybridized carbons (Fsp3) is 0.176. The van der Waals surface area contributed by atoms with Crippen LogP contribution in [-0.2, 0) is 6.54 Å². The SMILES string of the molecule is CCn1cc(O)c(=O)cc1C=CC(=O)c1ccc(OC)cc1O. The summed E-state index contributed by atoms with van der Waals surface area (Å²) in [5.41, 5.74) is 0.0944. The smallest absolute Gasteiger partial charge is 0.223 e. The van der Waals surface area contributed by atoms with E-state index in [-0.39, 0.29) is 17.1 Å². The number of methoxy groups -OCH3 is 1. The van der Waals surface area contributed by atoms with E-state index in [1.165, 1.54) is 43.7 Å². The summed E-state index contributed by atoms with van der Waals surface area (Å²) in [6.07, 6.45) is 4.05. The van der Waals surface area contributed by atoms with Gasteiger partial charge in [0.2, 0.25) is 5.43 Å². The van der Waals surface area contributed by atoms with Gasteiger partial charge >= 0.3 is 0 Å². The van der Waals surface area contributed by atoms with Crippen LogP contribution in [0.2, 0.25) is 0 Å². The third kappa shape index (κ3) is 3.60. The standard InChI is InChI=1S/C17H17NO5/c1-3-18-10-17(22)16(21)8-11(18)4-7-14(19)13-6-5-12(23-2)9-15(13)20/h4-10,20,22H,3H2,1-2H3. The maximum Gasteiger partial charge on any atom is 0.223 e. The number of aromatic nitrogens is 1. The molecule has 1 aromatic heterocycles. The third-order valence-electron chi connectivity index (χ3n) is 3.36. The first-order valence-corrected chi connectivity index (χ1v) is 6.99. The highest BCUT2D eigenvalue weighted by atomic mass is 16.5. The first-order chi connectivity index (χ1) is 11.0. The van der Waals surface area contributed by atoms with Crippen LogP contribution < -0.4 is 10.2 Å². The lowest BCUT2D eigenvalue weighted by atomic mass is 10.1. The fourth-order valence-electron chi connectivity index (χ4n) is 2.09. The molecule has 0 amide bonds. The molecule has 23 heavy (non-hydrogen) atoms. The maximum absolute atomic E-state index is 12.2. The van der Waals surface area contributed by atoms with Crippen molar-refractivity contribution in [2.45, 2.75) is 13.5 Å². The van der Waals surface area contributed by atoms with E-state index in [4.69, 9.17) is 4.74 Å². The lowest BCUT2D eigenvalue weighted by Crippen LogP contribution is -2.08. The van der Waals surface area contributed by atoms with Crippen molar-refractivity contribution < 1.29 is 19.7 Å². The molecule has 2 N–H and O–H groups in total. The Hall–Kier alpha value is -3.02. The molecule has 0 saturated heterocycles. The second-order valence-corrected chi connectivity index (χ2v) is 4.81. The Balaban J connectivity index is 2.32. The number of aryl methyl sites for hydroxylation is 1. The lowest BCUT2D eigenvalue weighted by molar-refractivity contribution is 0.104. The van der Waals surface area contributed by atoms with E-state index in [2.05, 4.69) is 0 Å². The van der Waals surface area contributed by atoms with Gasteiger partial charge in [0.25, 0.3) is 0 Å². The number of phenolic OH excluding ortho intramolecular Hbond substituents is 1. The molecule has 6 nitrogen and oxygen atoms in total. The molecule has 0 atom stereocenters. The van der Waals surface area contributed by atoms with Gasteiger partial charge in [0.05, 0.1) is 18.9 Å². The van der Waals surface area contributed by atoms with Crippen LogP contribution in [0.3, 0.4) is 0 Å². The van der Waals surface area contributed by atoms with Crippen molar-refractivity contribution >= 4 is 11.9 Å². The monoisotopic (exact) mass is 315 g/mol. The molecule has 0 aliphatic carbocycles. The van der Waals surface area contributed by atoms with Gasteiger partial charge in [-0.1, -0.05) is 0 Å². The van der Waals surface area contributed by atoms with Gasteiger partial charge in [-0.3, -0.25) is 9.59 Å². The summed E-state index contributed by atoms with van der Waals surface area (Å²) in [6.45, 7) is 2.37. The number of rotatable bonds is 5. The Morgan fingerprint density at radius 1 is 1.26 bits per heavy atom. The minimum atomic E-state index is -0.519. The van der Waals surface area contributed by atoms with Gasteiger partial charge in [0.1, 0.15) is 11.5 Å². The van der Waals surface area contributed by atoms with E-state index >= 15 is 0 Å². The van der Waals surface area contributed by atoms with Gasteiger partial charge in [-0.15, -0.1) is 0 Å². The molecule has 0 aliphatic rings. The van der Waals surface area contributed by atoms with Gasteiger partial charge in [-0.2, -0.15) is 0 Å². The molecule has 0 radical (unpaired) electrons. The van der Waals surface area contributed by atoms with Gasteiger partial charge in [0, 0.05) is 24.4 Å². The van der Waals surface area contributed by atoms with E-state index < -0.39 is 11.2 Å². The number of benzene rings is 1. The van der Waals surface area contributed by atoms with E-state index in [1.54, 1.807) is 10.6 Å². The largest absolute Gasteiger partial charge is 0.507 e. The molecule has 0 unspecified atom stereocenters. The second-order valence-electron chi connectivity index (χ2n) is 4.81. The zero-order chi connectivity index (χ0) is 17.0. The number of hydrogen-bond donors (Lipinski definition) is 2. The minimum Gasteiger partial charge on any atom is -0.507 e. The molecular weight excluding hydrogens is 298 g/mol. The van der Waals surface area contributed by atoms with Crippen molar-refractivity contribution in [2.24, 2.45) is 0 Å². The lowest BCUT2D eigenvalue weighted by Gasteiger charge is -2.08. The molecule has 0 bridgehead atoms. The van der Waals surface area contributed by atoms with E-state index in [0.29, 0.717) is 18.0 Å². The van der Waals surface area contributed by atoms with E-state index in [9.17, 15) is 19.8 Å². The van der Waals surface area contributed by atoms with Crippen molar-refractivity contribution in [1.29, 1.82) is 0 Å². The van der Waals surface area contributed by atoms with Gasteiger partial charge in [-0.25, -0.2) is 0 Å². The Morgan fingerprint density at radius 2 is 2.00 bits per heavy atom. The summed E-state index contributed by atoms with van der Waals surface area (Å²) in [5.74, 6) is -0.490. The summed E-state index contributed by atoms with van der Waals surface area (Å²) in [4.78, 5) is 23.7. The Bertz CT molecular complexity index is 820. The van der Waals surface area contributed by atoms with Crippen LogP contribution in [0, 0.1) is 0 Å². The van der Waals surface area contributed by atoms with Gasteiger partial charge < -0.3 is 19.5 Å². The zero-order valence-electron chi connectivity index (χ0n) is 12.8. The molecule has 1 aromatic carbocycles. The van der Waals surface area contributed by atoms with Crippen LogP contribution in [0.15, 0.2) is 41.3 Å². The Labute approximate surface area is 132 Å². The van der Waals surface area contributed by atoms with Crippen LogP contribution in [0.4, 0.5) is 0 Å². The molecule has 1 heterocycles. The molecule has 120 valence electrons. The summed E-state index contributed by atoms with van der Waals surface area (Å²) in [5, 5.41) is 19.3. The molecule has 0 saturated carbocycles. The first kappa shape index (κ1) is 16.4. The Kier molecular flexibility index (Phi) is 4.85. The second kappa shape index (κ2) is 6.83. The number of aromatic hydroxyl groups is 2. The number of hydrogen-bond acceptors (Lipinski definition) is 5. The average Bonchev–Trinajstić information content (AvgIpc) is 2.54. The van der Waals surface area contributed by atoms with Gasteiger partial charge in [-0.05, 0) is 31.2 Å². The van der Waals surface area contributed by atoms with Crippen LogP contribution in [0.1, 0.15) is 23.0 Å². The van der Waals surface area contributed by atoms with Crippen LogP contribution in [-0.4, -0.2) is 27.7 Å². The minimum absolute atomic E-state index is 0.131. The highest BCUT2D eigenvalue weighted by molar-refractivity contribution is 6.08. The van der Waals surface area contributed by atoms with Crippen molar-refractivity contribution in [3.63, 3.8) is 0 Å². The first-order valence-electron chi connectivity index (χ1n) is 6.99. The number of phenols is 1. The molecule has 0 spiro atoms. The summed E-state index contributed by atoms with van der Waals surface area (Å²) >= 11 is 0. The van der Waals surface area contributed by atoms with Gasteiger partial charge in [0.15, 0.2) is 11.5 Å². The Morgan fingerprint density at radius 3 is 2.61 bits per heavy atom. The fourth-order valence-corrected chi connectivity index (χ4v) is 2.09. The highest BCUT2D eigenvalue weighted by Crippen LogP contribution is 2.24. The normalized spacial score (nSPS) is 10.9. The number of pyridine rings is 1. The molecule has 0 aliphatic heterocycles. The molecule has 2 aromatic rings. The average molecular weight is 315 g/mol. The summed E-state index contributed by atoms with van der Waals surface area (Å²) in [7, 11) is 1.46. The van der Waals surface area contributed by atoms with Crippen molar-refractivity contribution in [3.05, 3.63) is 58.0 Å². The summed E-state index contributed by atoms with van der Waals surface area (Å²) in [6, 6.07) is 5.63. The maximum atomic E-state index is 12.2. The number of nitrogens with zero attached hydrogens (tertiary/aromatic N) is 1. The number of carbonyl (C=O) groups is 1. The van der Waals surface area contributed by atoms with Crippen molar-refractivity contribution in [3.8, 4) is 17.2 Å². The third-order valence-corrected chi connectivity index (χ3v) is 3.36.